The van der Waals surface area contributed by atoms with Gasteiger partial charge in [0.1, 0.15) is 0 Å². The summed E-state index contributed by atoms with van der Waals surface area (Å²) in [5, 5.41) is 4.73. The van der Waals surface area contributed by atoms with E-state index in [1.165, 1.54) is 31.5 Å². The second-order valence-corrected chi connectivity index (χ2v) is 10.4. The number of fused-ring (bicyclic) bond motifs is 5. The lowest BCUT2D eigenvalue weighted by molar-refractivity contribution is 0.0880. The van der Waals surface area contributed by atoms with Gasteiger partial charge in [0.15, 0.2) is 0 Å². The van der Waals surface area contributed by atoms with Gasteiger partial charge < -0.3 is 15.2 Å². The van der Waals surface area contributed by atoms with Crippen LogP contribution in [-0.2, 0) is 13.5 Å². The Kier molecular flexibility index (Phi) is 5.73. The highest BCUT2D eigenvalue weighted by Gasteiger charge is 2.35. The number of unbranched alkanes of at least 4 members (excludes halogenated alkanes) is 1. The number of carbonyl (C=O) groups excluding carboxylic acids is 2. The molecule has 6 nitrogen and oxygen atoms in total. The number of hydrogen-bond acceptors (Lipinski definition) is 4. The molecule has 0 aliphatic carbocycles. The van der Waals surface area contributed by atoms with Gasteiger partial charge in [0.05, 0.1) is 22.2 Å². The zero-order valence-corrected chi connectivity index (χ0v) is 21.1. The number of nitrogens with one attached hydrogen (secondary N) is 1. The van der Waals surface area contributed by atoms with Crippen LogP contribution in [0.3, 0.4) is 0 Å². The third-order valence-electron chi connectivity index (χ3n) is 7.70. The van der Waals surface area contributed by atoms with E-state index >= 15 is 0 Å². The number of nitrogens with two attached hydrogens (primary N) is 1. The molecule has 0 bridgehead atoms. The molecule has 36 heavy (non-hydrogen) atoms. The normalized spacial score (nSPS) is 15.8. The smallest absolute Gasteiger partial charge is 0.259 e. The number of anilines is 1. The van der Waals surface area contributed by atoms with Crippen LogP contribution < -0.4 is 11.1 Å². The van der Waals surface area contributed by atoms with Gasteiger partial charge in [-0.05, 0) is 87.1 Å². The second kappa shape index (κ2) is 8.95. The van der Waals surface area contributed by atoms with Crippen molar-refractivity contribution in [3.05, 3.63) is 64.2 Å². The zero-order valence-electron chi connectivity index (χ0n) is 20.4. The van der Waals surface area contributed by atoms with Crippen molar-refractivity contribution in [2.45, 2.75) is 32.1 Å². The van der Waals surface area contributed by atoms with Crippen LogP contribution in [0.5, 0.6) is 0 Å². The molecule has 4 aromatic rings. The number of amides is 2. The average Bonchev–Trinajstić information content (AvgIpc) is 3.55. The van der Waals surface area contributed by atoms with Crippen molar-refractivity contribution in [3.63, 3.8) is 0 Å². The van der Waals surface area contributed by atoms with Crippen LogP contribution in [0.1, 0.15) is 52.0 Å². The molecule has 1 saturated heterocycles. The van der Waals surface area contributed by atoms with Gasteiger partial charge in [-0.1, -0.05) is 29.8 Å². The lowest BCUT2D eigenvalue weighted by atomic mass is 9.92. The molecule has 3 N–H and O–H groups in total. The first-order chi connectivity index (χ1) is 17.4. The lowest BCUT2D eigenvalue weighted by Crippen LogP contribution is -2.20. The van der Waals surface area contributed by atoms with E-state index in [4.69, 9.17) is 17.3 Å². The number of nitrogens with zero attached hydrogens (tertiary/aromatic N) is 2. The number of rotatable bonds is 6. The Hall–Kier alpha value is -3.35. The molecule has 7 heteroatoms. The molecule has 0 saturated carbocycles. The summed E-state index contributed by atoms with van der Waals surface area (Å²) in [5.41, 5.74) is 12.3. The molecule has 2 aliphatic heterocycles. The van der Waals surface area contributed by atoms with Crippen LogP contribution in [0, 0.1) is 0 Å². The third-order valence-corrected chi connectivity index (χ3v) is 8.03. The number of aryl methyl sites for hydroxylation is 2. The average molecular weight is 501 g/mol. The van der Waals surface area contributed by atoms with Crippen molar-refractivity contribution in [1.29, 1.82) is 0 Å². The molecule has 184 valence electrons. The highest BCUT2D eigenvalue weighted by atomic mass is 35.5. The van der Waals surface area contributed by atoms with Crippen molar-refractivity contribution in [1.82, 2.24) is 14.8 Å². The Balaban J connectivity index is 1.52. The number of aromatic nitrogens is 1. The quantitative estimate of drug-likeness (QED) is 0.207. The molecular formula is C29H29ClN4O2. The summed E-state index contributed by atoms with van der Waals surface area (Å²) in [7, 11) is 2.02. The number of nitrogen functional groups attached to an aromatic ring is 1. The number of likely N-dealkylation sites (tertiary alicyclic amines) is 1. The summed E-state index contributed by atoms with van der Waals surface area (Å²) in [6.45, 7) is 3.56. The van der Waals surface area contributed by atoms with Crippen LogP contribution in [0.15, 0.2) is 42.5 Å². The number of benzene rings is 3. The maximum Gasteiger partial charge on any atom is 0.259 e. The van der Waals surface area contributed by atoms with E-state index in [0.717, 1.165) is 53.2 Å². The molecule has 3 heterocycles. The molecule has 2 aliphatic rings. The van der Waals surface area contributed by atoms with Gasteiger partial charge in [-0.25, -0.2) is 0 Å². The fourth-order valence-electron chi connectivity index (χ4n) is 6.06. The van der Waals surface area contributed by atoms with Crippen LogP contribution in [0.25, 0.3) is 32.9 Å². The molecule has 0 unspecified atom stereocenters. The van der Waals surface area contributed by atoms with Gasteiger partial charge in [0, 0.05) is 34.1 Å². The van der Waals surface area contributed by atoms with Crippen molar-refractivity contribution in [2.75, 3.05) is 25.4 Å². The molecule has 3 aromatic carbocycles. The van der Waals surface area contributed by atoms with E-state index in [1.54, 1.807) is 6.07 Å². The van der Waals surface area contributed by atoms with Crippen molar-refractivity contribution in [2.24, 2.45) is 7.05 Å². The van der Waals surface area contributed by atoms with E-state index in [0.29, 0.717) is 27.4 Å². The summed E-state index contributed by atoms with van der Waals surface area (Å²) in [4.78, 5) is 28.6. The molecule has 0 spiro atoms. The summed E-state index contributed by atoms with van der Waals surface area (Å²) in [6, 6.07) is 13.4. The summed E-state index contributed by atoms with van der Waals surface area (Å²) in [5.74, 6) is -0.772. The lowest BCUT2D eigenvalue weighted by Gasteiger charge is -2.14. The molecule has 2 amide bonds. The Morgan fingerprint density at radius 3 is 2.50 bits per heavy atom. The van der Waals surface area contributed by atoms with Crippen LogP contribution in [0.2, 0.25) is 5.02 Å². The monoisotopic (exact) mass is 500 g/mol. The number of hydrogen-bond donors (Lipinski definition) is 2. The van der Waals surface area contributed by atoms with E-state index in [-0.39, 0.29) is 5.91 Å². The van der Waals surface area contributed by atoms with Gasteiger partial charge >= 0.3 is 0 Å². The number of halogens is 1. The SMILES string of the molecule is Cn1c2cc(-c3ccccc3Cl)c3c(c2c2cc(N)cc(CCCCN4CCCC4)c21)C(=O)NC3=O. The largest absolute Gasteiger partial charge is 0.399 e. The molecule has 6 rings (SSSR count). The van der Waals surface area contributed by atoms with Crippen molar-refractivity contribution < 1.29 is 9.59 Å². The Morgan fingerprint density at radius 1 is 0.972 bits per heavy atom. The molecule has 1 fully saturated rings. The fourth-order valence-corrected chi connectivity index (χ4v) is 6.30. The Morgan fingerprint density at radius 2 is 1.72 bits per heavy atom. The van der Waals surface area contributed by atoms with E-state index in [1.807, 2.05) is 37.4 Å². The molecular weight excluding hydrogens is 472 g/mol. The topological polar surface area (TPSA) is 80.4 Å². The molecule has 0 radical (unpaired) electrons. The fraction of sp³-hybridized carbons (Fsp3) is 0.310. The van der Waals surface area contributed by atoms with E-state index < -0.39 is 5.91 Å². The number of imide groups is 1. The van der Waals surface area contributed by atoms with Gasteiger partial charge in [-0.2, -0.15) is 0 Å². The maximum atomic E-state index is 13.1. The second-order valence-electron chi connectivity index (χ2n) is 9.97. The first kappa shape index (κ1) is 23.1. The Labute approximate surface area is 215 Å². The number of carbonyl (C=O) groups is 2. The first-order valence-corrected chi connectivity index (χ1v) is 13.0. The minimum atomic E-state index is -0.394. The molecule has 0 atom stereocenters. The summed E-state index contributed by atoms with van der Waals surface area (Å²) >= 11 is 6.53. The van der Waals surface area contributed by atoms with Gasteiger partial charge in [0.2, 0.25) is 0 Å². The predicted molar refractivity (Wildman–Crippen MR) is 146 cm³/mol. The van der Waals surface area contributed by atoms with Gasteiger partial charge in [0.25, 0.3) is 11.8 Å². The predicted octanol–water partition coefficient (Wildman–Crippen LogP) is 5.54. The molecule has 1 aromatic heterocycles. The minimum absolute atomic E-state index is 0.377. The minimum Gasteiger partial charge on any atom is -0.399 e. The summed E-state index contributed by atoms with van der Waals surface area (Å²) < 4.78 is 2.14. The highest BCUT2D eigenvalue weighted by Crippen LogP contribution is 2.43. The maximum absolute atomic E-state index is 13.1. The van der Waals surface area contributed by atoms with Crippen LogP contribution >= 0.6 is 11.6 Å². The van der Waals surface area contributed by atoms with Gasteiger partial charge in [-0.3, -0.25) is 14.9 Å². The van der Waals surface area contributed by atoms with E-state index in [2.05, 4.69) is 20.9 Å². The highest BCUT2D eigenvalue weighted by molar-refractivity contribution is 6.36. The Bertz CT molecular complexity index is 1550. The van der Waals surface area contributed by atoms with Crippen LogP contribution in [-0.4, -0.2) is 40.9 Å². The standard InChI is InChI=1S/C29H29ClN4O2/c1-33-23-16-20(19-9-2-3-10-22(19)30)25-26(29(36)32-28(25)35)24(23)21-15-18(31)14-17(27(21)33)8-4-5-11-34-12-6-7-13-34/h2-3,9-10,14-16H,4-8,11-13,31H2,1H3,(H,32,35,36). The van der Waals surface area contributed by atoms with Crippen molar-refractivity contribution >= 4 is 50.9 Å². The summed E-state index contributed by atoms with van der Waals surface area (Å²) in [6.07, 6.45) is 5.73. The van der Waals surface area contributed by atoms with Gasteiger partial charge in [-0.15, -0.1) is 0 Å². The van der Waals surface area contributed by atoms with E-state index in [9.17, 15) is 9.59 Å². The van der Waals surface area contributed by atoms with Crippen molar-refractivity contribution in [3.8, 4) is 11.1 Å². The van der Waals surface area contributed by atoms with Crippen LogP contribution in [0.4, 0.5) is 5.69 Å². The first-order valence-electron chi connectivity index (χ1n) is 12.6. The zero-order chi connectivity index (χ0) is 25.0. The third kappa shape index (κ3) is 3.67.